The number of aliphatic carboxylic acids is 1. The zero-order valence-electron chi connectivity index (χ0n) is 9.33. The fourth-order valence-electron chi connectivity index (χ4n) is 1.50. The molecule has 1 atom stereocenters. The average molecular weight is 198 g/mol. The van der Waals surface area contributed by atoms with E-state index in [9.17, 15) is 4.79 Å². The maximum atomic E-state index is 10.4. The van der Waals surface area contributed by atoms with Crippen LogP contribution in [0.5, 0.6) is 0 Å². The van der Waals surface area contributed by atoms with E-state index in [0.717, 1.165) is 19.3 Å². The number of carbonyl (C=O) groups is 1. The number of hydrogen-bond donors (Lipinski definition) is 1. The molecule has 1 unspecified atom stereocenters. The Kier molecular flexibility index (Phi) is 8.30. The van der Waals surface area contributed by atoms with Gasteiger partial charge in [-0.3, -0.25) is 4.79 Å². The molecule has 0 spiro atoms. The van der Waals surface area contributed by atoms with Crippen LogP contribution >= 0.6 is 0 Å². The lowest BCUT2D eigenvalue weighted by Gasteiger charge is -2.07. The van der Waals surface area contributed by atoms with Crippen LogP contribution in [0.3, 0.4) is 0 Å². The van der Waals surface area contributed by atoms with Gasteiger partial charge in [-0.1, -0.05) is 38.3 Å². The fraction of sp³-hybridized carbons (Fsp3) is 0.750. The first kappa shape index (κ1) is 13.2. The number of unbranched alkanes of at least 4 members (excludes halogenated alkanes) is 3. The van der Waals surface area contributed by atoms with Crippen LogP contribution in [-0.4, -0.2) is 11.1 Å². The third-order valence-corrected chi connectivity index (χ3v) is 2.33. The molecule has 0 saturated carbocycles. The molecule has 0 fully saturated rings. The van der Waals surface area contributed by atoms with Crippen molar-refractivity contribution in [1.29, 1.82) is 0 Å². The van der Waals surface area contributed by atoms with Crippen molar-refractivity contribution in [2.75, 3.05) is 0 Å². The molecule has 0 aromatic heterocycles. The second kappa shape index (κ2) is 8.79. The van der Waals surface area contributed by atoms with Gasteiger partial charge in [0.25, 0.3) is 0 Å². The van der Waals surface area contributed by atoms with Crippen molar-refractivity contribution in [3.63, 3.8) is 0 Å². The standard InChI is InChI=1S/C12H22O2/c1-3-4-5-6-7-8-9-11(2)10-12(13)14/h3-4,11H,5-10H2,1-2H3,(H,13,14). The quantitative estimate of drug-likeness (QED) is 0.477. The van der Waals surface area contributed by atoms with E-state index in [0.29, 0.717) is 12.3 Å². The molecule has 0 aliphatic carbocycles. The van der Waals surface area contributed by atoms with Gasteiger partial charge < -0.3 is 5.11 Å². The van der Waals surface area contributed by atoms with Crippen LogP contribution < -0.4 is 0 Å². The summed E-state index contributed by atoms with van der Waals surface area (Å²) >= 11 is 0. The fourth-order valence-corrected chi connectivity index (χ4v) is 1.50. The zero-order valence-corrected chi connectivity index (χ0v) is 9.33. The number of allylic oxidation sites excluding steroid dienone is 2. The van der Waals surface area contributed by atoms with Crippen LogP contribution in [0.25, 0.3) is 0 Å². The van der Waals surface area contributed by atoms with Gasteiger partial charge in [-0.2, -0.15) is 0 Å². The van der Waals surface area contributed by atoms with E-state index in [1.807, 2.05) is 13.8 Å². The molecular weight excluding hydrogens is 176 g/mol. The number of carboxylic acid groups (broad SMARTS) is 1. The van der Waals surface area contributed by atoms with Crippen molar-refractivity contribution >= 4 is 5.97 Å². The highest BCUT2D eigenvalue weighted by atomic mass is 16.4. The highest BCUT2D eigenvalue weighted by Crippen LogP contribution is 2.13. The first-order valence-electron chi connectivity index (χ1n) is 5.49. The summed E-state index contributed by atoms with van der Waals surface area (Å²) in [6, 6.07) is 0. The molecule has 0 heterocycles. The largest absolute Gasteiger partial charge is 0.481 e. The Bertz CT molecular complexity index is 173. The summed E-state index contributed by atoms with van der Waals surface area (Å²) in [5, 5.41) is 8.55. The minimum Gasteiger partial charge on any atom is -0.481 e. The van der Waals surface area contributed by atoms with E-state index in [1.54, 1.807) is 0 Å². The van der Waals surface area contributed by atoms with Crippen molar-refractivity contribution in [2.24, 2.45) is 5.92 Å². The van der Waals surface area contributed by atoms with Crippen molar-refractivity contribution < 1.29 is 9.90 Å². The minimum atomic E-state index is -0.675. The van der Waals surface area contributed by atoms with Gasteiger partial charge in [0.15, 0.2) is 0 Å². The van der Waals surface area contributed by atoms with Crippen molar-refractivity contribution in [1.82, 2.24) is 0 Å². The normalized spacial score (nSPS) is 13.3. The lowest BCUT2D eigenvalue weighted by molar-refractivity contribution is -0.138. The first-order valence-corrected chi connectivity index (χ1v) is 5.49. The minimum absolute atomic E-state index is 0.314. The maximum Gasteiger partial charge on any atom is 0.303 e. The van der Waals surface area contributed by atoms with Crippen molar-refractivity contribution in [3.8, 4) is 0 Å². The molecule has 14 heavy (non-hydrogen) atoms. The summed E-state index contributed by atoms with van der Waals surface area (Å²) in [5.41, 5.74) is 0. The van der Waals surface area contributed by atoms with E-state index < -0.39 is 5.97 Å². The third-order valence-electron chi connectivity index (χ3n) is 2.33. The Hall–Kier alpha value is -0.790. The van der Waals surface area contributed by atoms with Gasteiger partial charge in [0.05, 0.1) is 0 Å². The Labute approximate surface area is 87.0 Å². The van der Waals surface area contributed by atoms with Crippen molar-refractivity contribution in [3.05, 3.63) is 12.2 Å². The van der Waals surface area contributed by atoms with Crippen LogP contribution in [0.1, 0.15) is 52.4 Å². The lowest BCUT2D eigenvalue weighted by atomic mass is 9.99. The highest BCUT2D eigenvalue weighted by Gasteiger charge is 2.06. The summed E-state index contributed by atoms with van der Waals surface area (Å²) in [5.74, 6) is -0.347. The monoisotopic (exact) mass is 198 g/mol. The molecule has 0 aliphatic heterocycles. The highest BCUT2D eigenvalue weighted by molar-refractivity contribution is 5.66. The molecular formula is C12H22O2. The molecule has 0 aromatic carbocycles. The summed E-state index contributed by atoms with van der Waals surface area (Å²) in [6.07, 6.45) is 10.4. The van der Waals surface area contributed by atoms with E-state index in [4.69, 9.17) is 5.11 Å². The number of carboxylic acids is 1. The summed E-state index contributed by atoms with van der Waals surface area (Å²) in [7, 11) is 0. The van der Waals surface area contributed by atoms with Crippen LogP contribution in [-0.2, 0) is 4.79 Å². The second-order valence-electron chi connectivity index (χ2n) is 3.91. The molecule has 0 radical (unpaired) electrons. The number of hydrogen-bond acceptors (Lipinski definition) is 1. The second-order valence-corrected chi connectivity index (χ2v) is 3.91. The third kappa shape index (κ3) is 9.30. The predicted octanol–water partition coefficient (Wildman–Crippen LogP) is 3.62. The summed E-state index contributed by atoms with van der Waals surface area (Å²) < 4.78 is 0. The smallest absolute Gasteiger partial charge is 0.303 e. The Morgan fingerprint density at radius 3 is 2.64 bits per heavy atom. The topological polar surface area (TPSA) is 37.3 Å². The first-order chi connectivity index (χ1) is 6.66. The summed E-state index contributed by atoms with van der Waals surface area (Å²) in [4.78, 5) is 10.4. The average Bonchev–Trinajstić information content (AvgIpc) is 2.10. The predicted molar refractivity (Wildman–Crippen MR) is 59.3 cm³/mol. The van der Waals surface area contributed by atoms with Gasteiger partial charge >= 0.3 is 5.97 Å². The number of rotatable bonds is 8. The van der Waals surface area contributed by atoms with E-state index in [1.165, 1.54) is 12.8 Å². The van der Waals surface area contributed by atoms with Gasteiger partial charge in [-0.25, -0.2) is 0 Å². The molecule has 0 bridgehead atoms. The maximum absolute atomic E-state index is 10.4. The van der Waals surface area contributed by atoms with Crippen LogP contribution in [0.4, 0.5) is 0 Å². The Balaban J connectivity index is 3.22. The lowest BCUT2D eigenvalue weighted by Crippen LogP contribution is -2.03. The van der Waals surface area contributed by atoms with Crippen LogP contribution in [0.15, 0.2) is 12.2 Å². The molecule has 2 heteroatoms. The van der Waals surface area contributed by atoms with Crippen molar-refractivity contribution in [2.45, 2.75) is 52.4 Å². The zero-order chi connectivity index (χ0) is 10.8. The molecule has 0 aliphatic rings. The molecule has 0 saturated heterocycles. The summed E-state index contributed by atoms with van der Waals surface area (Å²) in [6.45, 7) is 4.05. The van der Waals surface area contributed by atoms with Crippen LogP contribution in [0, 0.1) is 5.92 Å². The molecule has 0 amide bonds. The van der Waals surface area contributed by atoms with Crippen LogP contribution in [0.2, 0.25) is 0 Å². The van der Waals surface area contributed by atoms with E-state index in [-0.39, 0.29) is 0 Å². The molecule has 0 rings (SSSR count). The Morgan fingerprint density at radius 2 is 2.07 bits per heavy atom. The van der Waals surface area contributed by atoms with Gasteiger partial charge in [-0.15, -0.1) is 0 Å². The van der Waals surface area contributed by atoms with E-state index >= 15 is 0 Å². The van der Waals surface area contributed by atoms with Gasteiger partial charge in [0.2, 0.25) is 0 Å². The molecule has 0 aromatic rings. The molecule has 2 nitrogen and oxygen atoms in total. The van der Waals surface area contributed by atoms with Gasteiger partial charge in [-0.05, 0) is 25.7 Å². The van der Waals surface area contributed by atoms with E-state index in [2.05, 4.69) is 12.2 Å². The Morgan fingerprint density at radius 1 is 1.36 bits per heavy atom. The van der Waals surface area contributed by atoms with Gasteiger partial charge in [0, 0.05) is 6.42 Å². The molecule has 1 N–H and O–H groups in total. The molecule has 82 valence electrons. The SMILES string of the molecule is CC=CCCCCCC(C)CC(=O)O. The van der Waals surface area contributed by atoms with Gasteiger partial charge in [0.1, 0.15) is 0 Å².